The number of hydrogen-bond donors (Lipinski definition) is 0. The molecule has 1 aromatic carbocycles. The molecule has 0 atom stereocenters. The standard InChI is InChI=1S/C9H7F/c1-2-3-8-4-6-9(10)7-5-8/h2,4-7H,1H2. The van der Waals surface area contributed by atoms with Gasteiger partial charge < -0.3 is 0 Å². The number of halogens is 1. The van der Waals surface area contributed by atoms with Gasteiger partial charge >= 0.3 is 0 Å². The predicted octanol–water partition coefficient (Wildman–Crippen LogP) is 2.44. The van der Waals surface area contributed by atoms with Gasteiger partial charge in [0.2, 0.25) is 0 Å². The molecule has 2 radical (unpaired) electrons. The Bertz CT molecular complexity index is 211. The van der Waals surface area contributed by atoms with Crippen molar-refractivity contribution in [3.05, 3.63) is 54.7 Å². The molecule has 0 aliphatic heterocycles. The third kappa shape index (κ3) is 1.69. The summed E-state index contributed by atoms with van der Waals surface area (Å²) in [6, 6.07) is 6.09. The first-order valence-corrected chi connectivity index (χ1v) is 2.96. The molecule has 0 unspecified atom stereocenters. The molecule has 0 fully saturated rings. The Morgan fingerprint density at radius 2 is 1.90 bits per heavy atom. The van der Waals surface area contributed by atoms with Crippen LogP contribution < -0.4 is 0 Å². The van der Waals surface area contributed by atoms with Gasteiger partial charge in [-0.1, -0.05) is 18.2 Å². The Kier molecular flexibility index (Phi) is 2.21. The van der Waals surface area contributed by atoms with E-state index in [1.807, 2.05) is 0 Å². The Morgan fingerprint density at radius 3 is 2.40 bits per heavy atom. The average molecular weight is 134 g/mol. The first-order valence-electron chi connectivity index (χ1n) is 2.96. The van der Waals surface area contributed by atoms with Gasteiger partial charge in [0.15, 0.2) is 0 Å². The lowest BCUT2D eigenvalue weighted by Gasteiger charge is -1.92. The Labute approximate surface area is 60.0 Å². The van der Waals surface area contributed by atoms with E-state index in [9.17, 15) is 4.39 Å². The lowest BCUT2D eigenvalue weighted by Crippen LogP contribution is -1.77. The largest absolute Gasteiger partial charge is 0.207 e. The van der Waals surface area contributed by atoms with Crippen molar-refractivity contribution < 1.29 is 4.39 Å². The molecule has 0 bridgehead atoms. The third-order valence-electron chi connectivity index (χ3n) is 1.11. The zero-order chi connectivity index (χ0) is 7.40. The molecular formula is C9H7F. The fourth-order valence-corrected chi connectivity index (χ4v) is 0.664. The van der Waals surface area contributed by atoms with Crippen molar-refractivity contribution in [2.24, 2.45) is 0 Å². The Balaban J connectivity index is 2.78. The fraction of sp³-hybridized carbons (Fsp3) is 0. The third-order valence-corrected chi connectivity index (χ3v) is 1.11. The molecule has 0 saturated carbocycles. The van der Waals surface area contributed by atoms with Crippen LogP contribution in [0.15, 0.2) is 36.9 Å². The zero-order valence-electron chi connectivity index (χ0n) is 5.47. The van der Waals surface area contributed by atoms with Gasteiger partial charge in [0, 0.05) is 6.42 Å². The van der Waals surface area contributed by atoms with Gasteiger partial charge in [-0.15, -0.1) is 6.58 Å². The highest BCUT2D eigenvalue weighted by Gasteiger charge is 1.89. The summed E-state index contributed by atoms with van der Waals surface area (Å²) in [5.41, 5.74) is 0.844. The van der Waals surface area contributed by atoms with Crippen LogP contribution in [-0.2, 0) is 0 Å². The van der Waals surface area contributed by atoms with E-state index in [0.29, 0.717) is 0 Å². The minimum absolute atomic E-state index is 0.227. The summed E-state index contributed by atoms with van der Waals surface area (Å²) in [4.78, 5) is 0. The average Bonchev–Trinajstić information content (AvgIpc) is 1.95. The molecule has 0 N–H and O–H groups in total. The van der Waals surface area contributed by atoms with Crippen LogP contribution in [-0.4, -0.2) is 0 Å². The summed E-state index contributed by atoms with van der Waals surface area (Å²) < 4.78 is 12.3. The molecule has 0 amide bonds. The van der Waals surface area contributed by atoms with Crippen molar-refractivity contribution in [1.29, 1.82) is 0 Å². The van der Waals surface area contributed by atoms with Crippen molar-refractivity contribution in [3.8, 4) is 0 Å². The normalized spacial score (nSPS) is 9.30. The quantitative estimate of drug-likeness (QED) is 0.582. The Morgan fingerprint density at radius 1 is 1.30 bits per heavy atom. The second kappa shape index (κ2) is 3.16. The highest BCUT2D eigenvalue weighted by Crippen LogP contribution is 2.04. The first kappa shape index (κ1) is 7.00. The highest BCUT2D eigenvalue weighted by atomic mass is 19.1. The summed E-state index contributed by atoms with van der Waals surface area (Å²) in [5.74, 6) is -0.227. The lowest BCUT2D eigenvalue weighted by molar-refractivity contribution is 0.627. The SMILES string of the molecule is C=C[C]c1ccc(F)cc1. The van der Waals surface area contributed by atoms with Crippen LogP contribution in [0.5, 0.6) is 0 Å². The molecule has 0 heterocycles. The highest BCUT2D eigenvalue weighted by molar-refractivity contribution is 5.27. The smallest absolute Gasteiger partial charge is 0.123 e. The van der Waals surface area contributed by atoms with Crippen LogP contribution >= 0.6 is 0 Å². The number of benzene rings is 1. The van der Waals surface area contributed by atoms with Crippen molar-refractivity contribution in [1.82, 2.24) is 0 Å². The monoisotopic (exact) mass is 134 g/mol. The summed E-state index contributed by atoms with van der Waals surface area (Å²) in [7, 11) is 0. The molecule has 0 aliphatic carbocycles. The van der Waals surface area contributed by atoms with Gasteiger partial charge in [-0.25, -0.2) is 4.39 Å². The number of rotatable bonds is 2. The molecule has 10 heavy (non-hydrogen) atoms. The maximum atomic E-state index is 12.3. The van der Waals surface area contributed by atoms with Crippen molar-refractivity contribution >= 4 is 0 Å². The van der Waals surface area contributed by atoms with Gasteiger partial charge in [0.1, 0.15) is 5.82 Å². The number of hydrogen-bond acceptors (Lipinski definition) is 0. The van der Waals surface area contributed by atoms with E-state index in [4.69, 9.17) is 0 Å². The van der Waals surface area contributed by atoms with Gasteiger partial charge in [0.25, 0.3) is 0 Å². The molecule has 50 valence electrons. The van der Waals surface area contributed by atoms with Crippen LogP contribution in [0, 0.1) is 12.2 Å². The van der Waals surface area contributed by atoms with Crippen LogP contribution in [0.2, 0.25) is 0 Å². The molecule has 0 spiro atoms. The molecule has 1 aromatic rings. The van der Waals surface area contributed by atoms with Crippen molar-refractivity contribution in [2.45, 2.75) is 0 Å². The molecule has 1 rings (SSSR count). The molecule has 1 heteroatoms. The molecule has 0 nitrogen and oxygen atoms in total. The van der Waals surface area contributed by atoms with E-state index in [1.54, 1.807) is 18.2 Å². The maximum Gasteiger partial charge on any atom is 0.123 e. The minimum Gasteiger partial charge on any atom is -0.207 e. The maximum absolute atomic E-state index is 12.3. The van der Waals surface area contributed by atoms with E-state index in [1.165, 1.54) is 12.1 Å². The Hall–Kier alpha value is -1.11. The predicted molar refractivity (Wildman–Crippen MR) is 38.9 cm³/mol. The summed E-state index contributed by atoms with van der Waals surface area (Å²) >= 11 is 0. The van der Waals surface area contributed by atoms with Crippen LogP contribution in [0.25, 0.3) is 0 Å². The van der Waals surface area contributed by atoms with E-state index in [0.717, 1.165) is 5.56 Å². The summed E-state index contributed by atoms with van der Waals surface area (Å²) in [5, 5.41) is 0. The van der Waals surface area contributed by atoms with E-state index in [2.05, 4.69) is 13.0 Å². The molecule has 0 saturated heterocycles. The summed E-state index contributed by atoms with van der Waals surface area (Å²) in [6.45, 7) is 3.47. The molecular weight excluding hydrogens is 127 g/mol. The van der Waals surface area contributed by atoms with Gasteiger partial charge in [-0.2, -0.15) is 0 Å². The lowest BCUT2D eigenvalue weighted by atomic mass is 10.1. The second-order valence-electron chi connectivity index (χ2n) is 1.86. The van der Waals surface area contributed by atoms with E-state index >= 15 is 0 Å². The van der Waals surface area contributed by atoms with Gasteiger partial charge in [-0.3, -0.25) is 0 Å². The van der Waals surface area contributed by atoms with Crippen LogP contribution in [0.4, 0.5) is 4.39 Å². The fourth-order valence-electron chi connectivity index (χ4n) is 0.664. The van der Waals surface area contributed by atoms with Crippen molar-refractivity contribution in [2.75, 3.05) is 0 Å². The molecule has 0 aliphatic rings. The first-order chi connectivity index (χ1) is 4.83. The van der Waals surface area contributed by atoms with Crippen molar-refractivity contribution in [3.63, 3.8) is 0 Å². The molecule has 0 aromatic heterocycles. The van der Waals surface area contributed by atoms with Gasteiger partial charge in [-0.05, 0) is 17.7 Å². The summed E-state index contributed by atoms with van der Waals surface area (Å²) in [6.07, 6.45) is 4.38. The topological polar surface area (TPSA) is 0 Å². The van der Waals surface area contributed by atoms with Crippen LogP contribution in [0.1, 0.15) is 5.56 Å². The van der Waals surface area contributed by atoms with E-state index < -0.39 is 0 Å². The minimum atomic E-state index is -0.227. The second-order valence-corrected chi connectivity index (χ2v) is 1.86. The van der Waals surface area contributed by atoms with E-state index in [-0.39, 0.29) is 5.82 Å². The van der Waals surface area contributed by atoms with Crippen LogP contribution in [0.3, 0.4) is 0 Å². The zero-order valence-corrected chi connectivity index (χ0v) is 5.47. The van der Waals surface area contributed by atoms with Gasteiger partial charge in [0.05, 0.1) is 0 Å². The number of allylic oxidation sites excluding steroid dienone is 1.